The number of nitro benzene ring substituents is 2. The number of aldehydes is 1. The molecule has 25 heavy (non-hydrogen) atoms. The predicted octanol–water partition coefficient (Wildman–Crippen LogP) is 4.19. The van der Waals surface area contributed by atoms with Crippen LogP contribution in [-0.2, 0) is 11.2 Å². The molecule has 0 fully saturated rings. The molecule has 1 atom stereocenters. The van der Waals surface area contributed by atoms with Crippen LogP contribution in [0.2, 0.25) is 0 Å². The molecule has 8 heteroatoms. The third-order valence-corrected chi connectivity index (χ3v) is 4.99. The van der Waals surface area contributed by atoms with Gasteiger partial charge in [-0.25, -0.2) is 0 Å². The van der Waals surface area contributed by atoms with Crippen molar-refractivity contribution in [2.75, 3.05) is 0 Å². The zero-order valence-electron chi connectivity index (χ0n) is 12.7. The third kappa shape index (κ3) is 2.96. The van der Waals surface area contributed by atoms with E-state index in [2.05, 4.69) is 15.9 Å². The maximum Gasteiger partial charge on any atom is 0.294 e. The summed E-state index contributed by atoms with van der Waals surface area (Å²) in [6.45, 7) is 0. The van der Waals surface area contributed by atoms with Gasteiger partial charge in [0.05, 0.1) is 9.85 Å². The van der Waals surface area contributed by atoms with Gasteiger partial charge in [0.2, 0.25) is 0 Å². The van der Waals surface area contributed by atoms with E-state index in [1.165, 1.54) is 12.1 Å². The molecule has 126 valence electrons. The smallest absolute Gasteiger partial charge is 0.294 e. The average molecular weight is 403 g/mol. The first-order valence-electron chi connectivity index (χ1n) is 7.30. The highest BCUT2D eigenvalue weighted by atomic mass is 79.9. The molecule has 0 N–H and O–H groups in total. The van der Waals surface area contributed by atoms with Gasteiger partial charge in [0.15, 0.2) is 4.47 Å². The molecule has 0 aliphatic heterocycles. The minimum absolute atomic E-state index is 0.156. The first-order chi connectivity index (χ1) is 11.9. The Morgan fingerprint density at radius 2 is 1.80 bits per heavy atom. The Morgan fingerprint density at radius 3 is 2.36 bits per heavy atom. The first-order valence-corrected chi connectivity index (χ1v) is 8.09. The van der Waals surface area contributed by atoms with Gasteiger partial charge in [-0.3, -0.25) is 25.0 Å². The van der Waals surface area contributed by atoms with Gasteiger partial charge in [-0.15, -0.1) is 0 Å². The summed E-state index contributed by atoms with van der Waals surface area (Å²) in [5, 5.41) is 22.7. The van der Waals surface area contributed by atoms with Gasteiger partial charge in [0, 0.05) is 23.1 Å². The molecule has 0 saturated carbocycles. The molecule has 0 aromatic heterocycles. The highest BCUT2D eigenvalue weighted by Crippen LogP contribution is 2.45. The Balaban J connectivity index is 2.25. The first kappa shape index (κ1) is 17.0. The van der Waals surface area contributed by atoms with E-state index in [1.54, 1.807) is 0 Å². The summed E-state index contributed by atoms with van der Waals surface area (Å²) in [5.41, 5.74) is 1.27. The minimum atomic E-state index is -0.685. The molecule has 7 nitrogen and oxygen atoms in total. The Morgan fingerprint density at radius 1 is 1.12 bits per heavy atom. The van der Waals surface area contributed by atoms with Crippen LogP contribution in [0.15, 0.2) is 46.4 Å². The van der Waals surface area contributed by atoms with Crippen molar-refractivity contribution in [3.63, 3.8) is 0 Å². The lowest BCUT2D eigenvalue weighted by molar-refractivity contribution is -0.396. The van der Waals surface area contributed by atoms with E-state index in [0.29, 0.717) is 23.0 Å². The van der Waals surface area contributed by atoms with Crippen LogP contribution < -0.4 is 0 Å². The topological polar surface area (TPSA) is 103 Å². The summed E-state index contributed by atoms with van der Waals surface area (Å²) in [6, 6.07) is 10.4. The molecule has 0 spiro atoms. The van der Waals surface area contributed by atoms with E-state index in [9.17, 15) is 25.0 Å². The summed E-state index contributed by atoms with van der Waals surface area (Å²) in [4.78, 5) is 32.9. The number of halogens is 1. The van der Waals surface area contributed by atoms with E-state index < -0.39 is 15.5 Å². The van der Waals surface area contributed by atoms with E-state index in [-0.39, 0.29) is 22.5 Å². The van der Waals surface area contributed by atoms with Crippen LogP contribution in [0.4, 0.5) is 11.4 Å². The van der Waals surface area contributed by atoms with Crippen LogP contribution in [0.3, 0.4) is 0 Å². The van der Waals surface area contributed by atoms with Gasteiger partial charge >= 0.3 is 0 Å². The van der Waals surface area contributed by atoms with Crippen molar-refractivity contribution < 1.29 is 14.6 Å². The molecule has 1 aliphatic rings. The van der Waals surface area contributed by atoms with Crippen LogP contribution in [0.1, 0.15) is 22.6 Å². The van der Waals surface area contributed by atoms with Gasteiger partial charge in [-0.2, -0.15) is 0 Å². The molecule has 0 bridgehead atoms. The molecule has 2 aromatic carbocycles. The van der Waals surface area contributed by atoms with Gasteiger partial charge < -0.3 is 0 Å². The lowest BCUT2D eigenvalue weighted by Gasteiger charge is -2.23. The molecular formula is C17H11BrN2O5. The molecule has 2 aromatic rings. The monoisotopic (exact) mass is 402 g/mol. The van der Waals surface area contributed by atoms with Crippen LogP contribution in [-0.4, -0.2) is 16.1 Å². The molecule has 1 aliphatic carbocycles. The summed E-state index contributed by atoms with van der Waals surface area (Å²) >= 11 is 3.00. The lowest BCUT2D eigenvalue weighted by atomic mass is 9.79. The maximum absolute atomic E-state index is 11.5. The van der Waals surface area contributed by atoms with E-state index in [0.717, 1.165) is 5.56 Å². The minimum Gasteiger partial charge on any atom is -0.298 e. The van der Waals surface area contributed by atoms with Crippen molar-refractivity contribution in [1.29, 1.82) is 0 Å². The zero-order valence-corrected chi connectivity index (χ0v) is 14.3. The Bertz CT molecular complexity index is 924. The fraction of sp³-hybridized carbons (Fsp3) is 0.118. The quantitative estimate of drug-likeness (QED) is 0.433. The summed E-state index contributed by atoms with van der Waals surface area (Å²) in [5.74, 6) is -0.335. The predicted molar refractivity (Wildman–Crippen MR) is 94.4 cm³/mol. The van der Waals surface area contributed by atoms with Crippen LogP contribution in [0.25, 0.3) is 6.08 Å². The highest BCUT2D eigenvalue weighted by molar-refractivity contribution is 9.10. The van der Waals surface area contributed by atoms with Crippen LogP contribution in [0, 0.1) is 20.2 Å². The molecule has 0 heterocycles. The number of allylic oxidation sites excluding steroid dienone is 1. The average Bonchev–Trinajstić information content (AvgIpc) is 2.60. The van der Waals surface area contributed by atoms with Crippen LogP contribution >= 0.6 is 15.9 Å². The Labute approximate surface area is 150 Å². The number of benzene rings is 2. The summed E-state index contributed by atoms with van der Waals surface area (Å²) < 4.78 is -0.156. The number of carbonyl (C=O) groups excluding carboxylic acids is 1. The Hall–Kier alpha value is -2.87. The molecule has 0 saturated heterocycles. The second-order valence-corrected chi connectivity index (χ2v) is 6.36. The number of nitrogens with zero attached hydrogens (tertiary/aromatic N) is 2. The molecule has 0 unspecified atom stereocenters. The fourth-order valence-electron chi connectivity index (χ4n) is 3.07. The van der Waals surface area contributed by atoms with Crippen molar-refractivity contribution in [3.8, 4) is 0 Å². The molecule has 0 amide bonds. The van der Waals surface area contributed by atoms with Crippen LogP contribution in [0.5, 0.6) is 0 Å². The van der Waals surface area contributed by atoms with Gasteiger partial charge in [-0.1, -0.05) is 30.3 Å². The third-order valence-electron chi connectivity index (χ3n) is 4.21. The number of rotatable bonds is 4. The van der Waals surface area contributed by atoms with Crippen molar-refractivity contribution in [2.24, 2.45) is 0 Å². The van der Waals surface area contributed by atoms with Gasteiger partial charge in [-0.05, 0) is 39.6 Å². The summed E-state index contributed by atoms with van der Waals surface area (Å²) in [7, 11) is 0. The molecule has 0 radical (unpaired) electrons. The van der Waals surface area contributed by atoms with Gasteiger partial charge in [0.25, 0.3) is 11.4 Å². The standard InChI is InChI=1S/C17H11BrN2O5/c18-16-15(19(22)23)7-11-6-12(9-21)13(10-4-2-1-3-5-10)8-14(11)17(16)20(24)25/h1-7,9,13H,8H2/t13-/m1/s1. The number of hydrogen-bond donors (Lipinski definition) is 0. The van der Waals surface area contributed by atoms with Crippen molar-refractivity contribution in [2.45, 2.75) is 12.3 Å². The van der Waals surface area contributed by atoms with E-state index >= 15 is 0 Å². The second kappa shape index (κ2) is 6.56. The van der Waals surface area contributed by atoms with Crippen molar-refractivity contribution >= 4 is 39.7 Å². The number of hydrogen-bond acceptors (Lipinski definition) is 5. The number of fused-ring (bicyclic) bond motifs is 1. The number of nitro groups is 2. The zero-order chi connectivity index (χ0) is 18.1. The lowest BCUT2D eigenvalue weighted by Crippen LogP contribution is -2.15. The van der Waals surface area contributed by atoms with Crippen molar-refractivity contribution in [3.05, 3.63) is 83.4 Å². The largest absolute Gasteiger partial charge is 0.298 e. The fourth-order valence-corrected chi connectivity index (χ4v) is 3.71. The number of carbonyl (C=O) groups is 1. The highest BCUT2D eigenvalue weighted by Gasteiger charge is 2.34. The van der Waals surface area contributed by atoms with Gasteiger partial charge in [0.1, 0.15) is 6.29 Å². The normalized spacial score (nSPS) is 15.9. The second-order valence-electron chi connectivity index (χ2n) is 5.57. The SMILES string of the molecule is O=CC1=Cc2cc([N+](=O)[O-])c(Br)c([N+](=O)[O-])c2C[C@@H]1c1ccccc1. The van der Waals surface area contributed by atoms with Crippen molar-refractivity contribution in [1.82, 2.24) is 0 Å². The van der Waals surface area contributed by atoms with E-state index in [1.807, 2.05) is 30.3 Å². The molecular weight excluding hydrogens is 392 g/mol. The Kier molecular flexibility index (Phi) is 4.45. The molecule has 3 rings (SSSR count). The van der Waals surface area contributed by atoms with E-state index in [4.69, 9.17) is 0 Å². The maximum atomic E-state index is 11.5. The summed E-state index contributed by atoms with van der Waals surface area (Å²) in [6.07, 6.45) is 2.41.